The highest BCUT2D eigenvalue weighted by molar-refractivity contribution is 6.19. The van der Waals surface area contributed by atoms with E-state index in [0.29, 0.717) is 0 Å². The Balaban J connectivity index is 0.970. The highest BCUT2D eigenvalue weighted by Gasteiger charge is 2.17. The molecule has 0 spiro atoms. The first-order chi connectivity index (χ1) is 30.2. The van der Waals surface area contributed by atoms with Gasteiger partial charge in [0, 0.05) is 33.6 Å². The van der Waals surface area contributed by atoms with Gasteiger partial charge < -0.3 is 4.90 Å². The number of benzene rings is 10. The molecule has 0 fully saturated rings. The van der Waals surface area contributed by atoms with Crippen molar-refractivity contribution in [3.05, 3.63) is 237 Å². The summed E-state index contributed by atoms with van der Waals surface area (Å²) in [4.78, 5) is 13.1. The molecule has 0 aliphatic carbocycles. The quantitative estimate of drug-likeness (QED) is 0.144. The monoisotopic (exact) mass is 777 g/mol. The molecule has 0 saturated heterocycles. The van der Waals surface area contributed by atoms with Crippen molar-refractivity contribution in [2.75, 3.05) is 4.90 Å². The minimum atomic E-state index is 0.880. The number of fused-ring (bicyclic) bond motifs is 5. The van der Waals surface area contributed by atoms with Crippen molar-refractivity contribution < 1.29 is 0 Å². The molecule has 0 bridgehead atoms. The summed E-state index contributed by atoms with van der Waals surface area (Å²) in [5, 5.41) is 4.57. The molecule has 10 aromatic carbocycles. The van der Waals surface area contributed by atoms with Gasteiger partial charge >= 0.3 is 0 Å². The number of nitrogens with zero attached hydrogens (tertiary/aromatic N) is 3. The third kappa shape index (κ3) is 6.88. The molecule has 11 rings (SSSR count). The van der Waals surface area contributed by atoms with Crippen LogP contribution in [0, 0.1) is 0 Å². The van der Waals surface area contributed by atoms with Crippen LogP contribution in [0.15, 0.2) is 237 Å². The summed E-state index contributed by atoms with van der Waals surface area (Å²) >= 11 is 0. The average molecular weight is 778 g/mol. The maximum absolute atomic E-state index is 5.44. The normalized spacial score (nSPS) is 11.3. The standard InChI is InChI=1S/C58H39N3/c1-5-14-40(15-6-1)41-24-26-42(27-25-41)43-30-34-51(35-31-43)61(50-21-11-4-12-22-50)52-23-13-20-47(39-52)48-32-36-53-49(38-48)29-28-44-33-37-54-58(55(44)53)60-57(46-18-9-3-10-19-46)56(59-54)45-16-7-2-8-17-45/h1-39H. The van der Waals surface area contributed by atoms with Gasteiger partial charge in [0.2, 0.25) is 0 Å². The molecule has 3 nitrogen and oxygen atoms in total. The summed E-state index contributed by atoms with van der Waals surface area (Å²) < 4.78 is 0. The third-order valence-corrected chi connectivity index (χ3v) is 11.6. The third-order valence-electron chi connectivity index (χ3n) is 11.6. The number of rotatable bonds is 8. The first kappa shape index (κ1) is 36.0. The molecule has 1 aromatic heterocycles. The molecule has 61 heavy (non-hydrogen) atoms. The van der Waals surface area contributed by atoms with Gasteiger partial charge in [-0.05, 0) is 98.1 Å². The smallest absolute Gasteiger partial charge is 0.0979 e. The largest absolute Gasteiger partial charge is 0.310 e. The maximum atomic E-state index is 5.44. The van der Waals surface area contributed by atoms with Crippen molar-refractivity contribution in [1.82, 2.24) is 9.97 Å². The Hall–Kier alpha value is -8.14. The first-order valence-corrected chi connectivity index (χ1v) is 20.7. The van der Waals surface area contributed by atoms with Crippen LogP contribution in [0.4, 0.5) is 17.1 Å². The fourth-order valence-corrected chi connectivity index (χ4v) is 8.58. The molecule has 11 aromatic rings. The number of hydrogen-bond donors (Lipinski definition) is 0. The molecule has 3 heteroatoms. The molecule has 1 heterocycles. The highest BCUT2D eigenvalue weighted by atomic mass is 15.1. The van der Waals surface area contributed by atoms with E-state index in [9.17, 15) is 0 Å². The van der Waals surface area contributed by atoms with E-state index in [4.69, 9.17) is 9.97 Å². The van der Waals surface area contributed by atoms with Crippen LogP contribution in [0.2, 0.25) is 0 Å². The van der Waals surface area contributed by atoms with Gasteiger partial charge in [-0.25, -0.2) is 9.97 Å². The van der Waals surface area contributed by atoms with E-state index in [1.54, 1.807) is 0 Å². The zero-order valence-corrected chi connectivity index (χ0v) is 33.4. The van der Waals surface area contributed by atoms with E-state index in [-0.39, 0.29) is 0 Å². The van der Waals surface area contributed by atoms with E-state index in [1.165, 1.54) is 22.3 Å². The molecule has 0 atom stereocenters. The summed E-state index contributed by atoms with van der Waals surface area (Å²) in [5.41, 5.74) is 16.0. The molecule has 0 amide bonds. The number of anilines is 3. The van der Waals surface area contributed by atoms with Crippen molar-refractivity contribution in [3.63, 3.8) is 0 Å². The Morgan fingerprint density at radius 2 is 0.721 bits per heavy atom. The molecular formula is C58H39N3. The van der Waals surface area contributed by atoms with Gasteiger partial charge in [-0.1, -0.05) is 188 Å². The van der Waals surface area contributed by atoms with Crippen LogP contribution in [0.1, 0.15) is 0 Å². The lowest BCUT2D eigenvalue weighted by Crippen LogP contribution is -2.09. The Kier molecular flexibility index (Phi) is 9.18. The minimum absolute atomic E-state index is 0.880. The van der Waals surface area contributed by atoms with Crippen molar-refractivity contribution in [1.29, 1.82) is 0 Å². The lowest BCUT2D eigenvalue weighted by molar-refractivity contribution is 1.28. The fourth-order valence-electron chi connectivity index (χ4n) is 8.58. The predicted octanol–water partition coefficient (Wildman–Crippen LogP) is 15.7. The van der Waals surface area contributed by atoms with E-state index in [2.05, 4.69) is 229 Å². The van der Waals surface area contributed by atoms with Crippen molar-refractivity contribution in [3.8, 4) is 55.9 Å². The Morgan fingerprint density at radius 1 is 0.279 bits per heavy atom. The van der Waals surface area contributed by atoms with E-state index in [1.807, 2.05) is 12.1 Å². The summed E-state index contributed by atoms with van der Waals surface area (Å²) in [7, 11) is 0. The summed E-state index contributed by atoms with van der Waals surface area (Å²) in [5.74, 6) is 0. The van der Waals surface area contributed by atoms with E-state index in [0.717, 1.165) is 83.3 Å². The summed E-state index contributed by atoms with van der Waals surface area (Å²) in [6.45, 7) is 0. The number of para-hydroxylation sites is 1. The van der Waals surface area contributed by atoms with Crippen LogP contribution in [-0.4, -0.2) is 9.97 Å². The SMILES string of the molecule is c1ccc(-c2ccc(-c3ccc(N(c4ccccc4)c4cccc(-c5ccc6c(ccc7ccc8nc(-c9ccccc9)c(-c9ccccc9)nc8c76)c5)c4)cc3)cc2)cc1. The Bertz CT molecular complexity index is 3310. The second-order valence-corrected chi connectivity index (χ2v) is 15.4. The van der Waals surface area contributed by atoms with Gasteiger partial charge in [-0.2, -0.15) is 0 Å². The first-order valence-electron chi connectivity index (χ1n) is 20.7. The zero-order valence-electron chi connectivity index (χ0n) is 33.4. The van der Waals surface area contributed by atoms with Gasteiger partial charge in [0.05, 0.1) is 22.4 Å². The molecule has 0 N–H and O–H groups in total. The van der Waals surface area contributed by atoms with Crippen LogP contribution >= 0.6 is 0 Å². The lowest BCUT2D eigenvalue weighted by atomic mass is 9.95. The minimum Gasteiger partial charge on any atom is -0.310 e. The van der Waals surface area contributed by atoms with Crippen LogP contribution < -0.4 is 4.90 Å². The molecule has 286 valence electrons. The van der Waals surface area contributed by atoms with Gasteiger partial charge in [-0.15, -0.1) is 0 Å². The van der Waals surface area contributed by atoms with E-state index < -0.39 is 0 Å². The fraction of sp³-hybridized carbons (Fsp3) is 0. The molecule has 0 aliphatic rings. The predicted molar refractivity (Wildman–Crippen MR) is 256 cm³/mol. The second kappa shape index (κ2) is 15.6. The highest BCUT2D eigenvalue weighted by Crippen LogP contribution is 2.40. The van der Waals surface area contributed by atoms with Gasteiger partial charge in [0.1, 0.15) is 0 Å². The van der Waals surface area contributed by atoms with Crippen LogP contribution in [-0.2, 0) is 0 Å². The summed E-state index contributed by atoms with van der Waals surface area (Å²) in [6.07, 6.45) is 0. The van der Waals surface area contributed by atoms with Gasteiger partial charge in [-0.3, -0.25) is 0 Å². The Labute approximate surface area is 355 Å². The molecule has 0 saturated carbocycles. The molecule has 0 unspecified atom stereocenters. The summed E-state index contributed by atoms with van der Waals surface area (Å²) in [6, 6.07) is 84.0. The zero-order chi connectivity index (χ0) is 40.5. The van der Waals surface area contributed by atoms with E-state index >= 15 is 0 Å². The molecule has 0 aliphatic heterocycles. The average Bonchev–Trinajstić information content (AvgIpc) is 3.35. The van der Waals surface area contributed by atoms with Crippen LogP contribution in [0.25, 0.3) is 88.5 Å². The number of hydrogen-bond acceptors (Lipinski definition) is 3. The second-order valence-electron chi connectivity index (χ2n) is 15.4. The van der Waals surface area contributed by atoms with Crippen molar-refractivity contribution >= 4 is 49.6 Å². The van der Waals surface area contributed by atoms with Crippen LogP contribution in [0.3, 0.4) is 0 Å². The van der Waals surface area contributed by atoms with Crippen LogP contribution in [0.5, 0.6) is 0 Å². The molecular weight excluding hydrogens is 739 g/mol. The van der Waals surface area contributed by atoms with Crippen molar-refractivity contribution in [2.45, 2.75) is 0 Å². The van der Waals surface area contributed by atoms with Gasteiger partial charge in [0.15, 0.2) is 0 Å². The Morgan fingerprint density at radius 3 is 1.36 bits per heavy atom. The van der Waals surface area contributed by atoms with Gasteiger partial charge in [0.25, 0.3) is 0 Å². The maximum Gasteiger partial charge on any atom is 0.0979 e. The molecule has 0 radical (unpaired) electrons. The number of aromatic nitrogens is 2. The lowest BCUT2D eigenvalue weighted by Gasteiger charge is -2.26. The van der Waals surface area contributed by atoms with Crippen molar-refractivity contribution in [2.24, 2.45) is 0 Å². The topological polar surface area (TPSA) is 29.0 Å².